The Labute approximate surface area is 262 Å². The molecule has 0 aliphatic rings. The van der Waals surface area contributed by atoms with Gasteiger partial charge in [0.25, 0.3) is 0 Å². The highest BCUT2D eigenvalue weighted by atomic mass is 32.2. The van der Waals surface area contributed by atoms with Crippen molar-refractivity contribution in [3.8, 4) is 51.0 Å². The maximum absolute atomic E-state index is 12.5. The van der Waals surface area contributed by atoms with Gasteiger partial charge in [-0.15, -0.1) is 0 Å². The van der Waals surface area contributed by atoms with Crippen molar-refractivity contribution in [1.82, 2.24) is 0 Å². The third kappa shape index (κ3) is 9.03. The molecule has 0 radical (unpaired) electrons. The van der Waals surface area contributed by atoms with Gasteiger partial charge >= 0.3 is 20.2 Å². The van der Waals surface area contributed by atoms with Crippen LogP contribution in [0.5, 0.6) is 28.7 Å². The van der Waals surface area contributed by atoms with Gasteiger partial charge in [0, 0.05) is 11.3 Å². The normalized spacial score (nSPS) is 11.8. The molecule has 0 aliphatic heterocycles. The van der Waals surface area contributed by atoms with Gasteiger partial charge in [-0.2, -0.15) is 16.8 Å². The quantitative estimate of drug-likeness (QED) is 0.196. The number of nitrogens with one attached hydrogen (secondary N) is 1. The fourth-order valence-electron chi connectivity index (χ4n) is 4.38. The van der Waals surface area contributed by atoms with Crippen molar-refractivity contribution in [2.75, 3.05) is 37.7 Å². The first-order valence-electron chi connectivity index (χ1n) is 13.0. The van der Waals surface area contributed by atoms with Gasteiger partial charge in [0.2, 0.25) is 10.0 Å². The summed E-state index contributed by atoms with van der Waals surface area (Å²) >= 11 is 0. The average molecular weight is 678 g/mol. The Kier molecular flexibility index (Phi) is 9.85. The van der Waals surface area contributed by atoms with Crippen molar-refractivity contribution in [3.05, 3.63) is 84.4 Å². The standard InChI is InChI=1S/C30H31NO11S3/c1-38-27-18-24(21-11-14-23(15-12-21)31-43(3,32)33)29(39-2)30(42-45(5,36)37)28(27)22-13-16-25(26(17-22)41-44(4,34)35)40-19-20-9-7-6-8-10-20/h6-18,31H,19H2,1-5H3. The maximum atomic E-state index is 12.5. The van der Waals surface area contributed by atoms with Crippen molar-refractivity contribution in [2.45, 2.75) is 6.61 Å². The van der Waals surface area contributed by atoms with Crippen LogP contribution in [-0.2, 0) is 36.9 Å². The van der Waals surface area contributed by atoms with Crippen molar-refractivity contribution in [1.29, 1.82) is 0 Å². The average Bonchev–Trinajstić information content (AvgIpc) is 2.94. The lowest BCUT2D eigenvalue weighted by molar-refractivity contribution is 0.296. The summed E-state index contributed by atoms with van der Waals surface area (Å²) in [5.74, 6) is -0.128. The van der Waals surface area contributed by atoms with Gasteiger partial charge in [0.1, 0.15) is 12.4 Å². The zero-order valence-electron chi connectivity index (χ0n) is 24.9. The van der Waals surface area contributed by atoms with E-state index in [9.17, 15) is 25.3 Å². The summed E-state index contributed by atoms with van der Waals surface area (Å²) in [5, 5.41) is 0. The molecule has 0 saturated heterocycles. The molecule has 0 saturated carbocycles. The summed E-state index contributed by atoms with van der Waals surface area (Å²) in [5.41, 5.74) is 2.39. The molecule has 12 nitrogen and oxygen atoms in total. The summed E-state index contributed by atoms with van der Waals surface area (Å²) in [4.78, 5) is 0. The first-order valence-corrected chi connectivity index (χ1v) is 18.6. The van der Waals surface area contributed by atoms with E-state index in [1.807, 2.05) is 30.3 Å². The monoisotopic (exact) mass is 677 g/mol. The van der Waals surface area contributed by atoms with Crippen LogP contribution in [-0.4, -0.2) is 58.2 Å². The van der Waals surface area contributed by atoms with Crippen LogP contribution in [0.1, 0.15) is 5.56 Å². The Morgan fingerprint density at radius 1 is 0.622 bits per heavy atom. The van der Waals surface area contributed by atoms with Crippen LogP contribution in [0, 0.1) is 0 Å². The van der Waals surface area contributed by atoms with Crippen molar-refractivity contribution < 1.29 is 47.8 Å². The molecule has 4 aromatic carbocycles. The Bertz CT molecular complexity index is 2010. The Morgan fingerprint density at radius 3 is 1.80 bits per heavy atom. The van der Waals surface area contributed by atoms with Gasteiger partial charge in [0.15, 0.2) is 23.0 Å². The number of hydrogen-bond donors (Lipinski definition) is 1. The Balaban J connectivity index is 1.91. The van der Waals surface area contributed by atoms with Crippen LogP contribution >= 0.6 is 0 Å². The number of rotatable bonds is 13. The van der Waals surface area contributed by atoms with E-state index in [1.54, 1.807) is 24.3 Å². The SMILES string of the molecule is COc1cc(-c2ccc(NS(C)(=O)=O)cc2)c(OC)c(OS(C)(=O)=O)c1-c1ccc(OCc2ccccc2)c(OS(C)(=O)=O)c1. The summed E-state index contributed by atoms with van der Waals surface area (Å²) in [6.07, 6.45) is 2.77. The molecule has 0 heterocycles. The lowest BCUT2D eigenvalue weighted by Crippen LogP contribution is -2.10. The van der Waals surface area contributed by atoms with Crippen molar-refractivity contribution >= 4 is 35.9 Å². The Hall–Kier alpha value is -4.47. The molecule has 4 rings (SSSR count). The minimum atomic E-state index is -4.14. The molecule has 0 unspecified atom stereocenters. The number of sulfonamides is 1. The summed E-state index contributed by atoms with van der Waals surface area (Å²) in [7, 11) is -8.98. The van der Waals surface area contributed by atoms with E-state index in [2.05, 4.69) is 4.72 Å². The van der Waals surface area contributed by atoms with Crippen LogP contribution < -0.4 is 27.3 Å². The third-order valence-electron chi connectivity index (χ3n) is 6.07. The number of hydrogen-bond acceptors (Lipinski definition) is 11. The van der Waals surface area contributed by atoms with E-state index in [4.69, 9.17) is 22.6 Å². The second-order valence-electron chi connectivity index (χ2n) is 9.83. The van der Waals surface area contributed by atoms with E-state index in [0.29, 0.717) is 16.8 Å². The van der Waals surface area contributed by atoms with Crippen LogP contribution in [0.2, 0.25) is 0 Å². The largest absolute Gasteiger partial charge is 0.496 e. The molecule has 0 bridgehead atoms. The molecular formula is C30H31NO11S3. The number of benzene rings is 4. The van der Waals surface area contributed by atoms with Gasteiger partial charge in [0.05, 0.1) is 38.6 Å². The van der Waals surface area contributed by atoms with Crippen LogP contribution in [0.15, 0.2) is 78.9 Å². The van der Waals surface area contributed by atoms with Crippen LogP contribution in [0.3, 0.4) is 0 Å². The molecule has 0 atom stereocenters. The third-order valence-corrected chi connectivity index (χ3v) is 7.63. The molecule has 0 spiro atoms. The van der Waals surface area contributed by atoms with E-state index in [0.717, 1.165) is 24.3 Å². The molecule has 45 heavy (non-hydrogen) atoms. The lowest BCUT2D eigenvalue weighted by Gasteiger charge is -2.21. The van der Waals surface area contributed by atoms with Crippen LogP contribution in [0.25, 0.3) is 22.3 Å². The highest BCUT2D eigenvalue weighted by Crippen LogP contribution is 2.51. The summed E-state index contributed by atoms with van der Waals surface area (Å²) in [6.45, 7) is 0.118. The molecule has 15 heteroatoms. The Morgan fingerprint density at radius 2 is 1.24 bits per heavy atom. The molecule has 240 valence electrons. The maximum Gasteiger partial charge on any atom is 0.306 e. The number of methoxy groups -OCH3 is 2. The van der Waals surface area contributed by atoms with Gasteiger partial charge in [-0.3, -0.25) is 4.72 Å². The van der Waals surface area contributed by atoms with Gasteiger partial charge in [-0.1, -0.05) is 48.5 Å². The van der Waals surface area contributed by atoms with E-state index < -0.39 is 30.3 Å². The molecule has 0 aromatic heterocycles. The topological polar surface area (TPSA) is 161 Å². The van der Waals surface area contributed by atoms with E-state index >= 15 is 0 Å². The van der Waals surface area contributed by atoms with E-state index in [-0.39, 0.29) is 46.5 Å². The first-order chi connectivity index (χ1) is 21.1. The highest BCUT2D eigenvalue weighted by molar-refractivity contribution is 7.92. The summed E-state index contributed by atoms with van der Waals surface area (Å²) < 4.78 is 103. The first kappa shape index (κ1) is 33.4. The molecule has 0 fully saturated rings. The predicted octanol–water partition coefficient (Wildman–Crippen LogP) is 4.67. The van der Waals surface area contributed by atoms with Crippen molar-refractivity contribution in [2.24, 2.45) is 0 Å². The zero-order valence-corrected chi connectivity index (χ0v) is 27.4. The lowest BCUT2D eigenvalue weighted by atomic mass is 9.96. The van der Waals surface area contributed by atoms with Crippen molar-refractivity contribution in [3.63, 3.8) is 0 Å². The fourth-order valence-corrected chi connectivity index (χ4v) is 5.86. The van der Waals surface area contributed by atoms with E-state index in [1.165, 1.54) is 38.5 Å². The van der Waals surface area contributed by atoms with Gasteiger partial charge in [-0.05, 0) is 47.0 Å². The number of ether oxygens (including phenoxy) is 3. The highest BCUT2D eigenvalue weighted by Gasteiger charge is 2.27. The molecule has 0 aliphatic carbocycles. The minimum absolute atomic E-state index is 0.00929. The molecule has 4 aromatic rings. The molecule has 1 N–H and O–H groups in total. The summed E-state index contributed by atoms with van der Waals surface area (Å²) in [6, 6.07) is 21.5. The molecule has 0 amide bonds. The number of anilines is 1. The second kappa shape index (κ2) is 13.3. The van der Waals surface area contributed by atoms with Gasteiger partial charge in [-0.25, -0.2) is 8.42 Å². The predicted molar refractivity (Wildman–Crippen MR) is 171 cm³/mol. The smallest absolute Gasteiger partial charge is 0.306 e. The fraction of sp³-hybridized carbons (Fsp3) is 0.200. The molecular weight excluding hydrogens is 647 g/mol. The second-order valence-corrected chi connectivity index (χ2v) is 14.7. The van der Waals surface area contributed by atoms with Crippen LogP contribution in [0.4, 0.5) is 5.69 Å². The minimum Gasteiger partial charge on any atom is -0.496 e. The zero-order chi connectivity index (χ0) is 33.0. The van der Waals surface area contributed by atoms with Gasteiger partial charge < -0.3 is 22.6 Å².